The van der Waals surface area contributed by atoms with Gasteiger partial charge in [0.15, 0.2) is 0 Å². The fourth-order valence-electron chi connectivity index (χ4n) is 5.98. The second-order valence-electron chi connectivity index (χ2n) is 10.5. The highest BCUT2D eigenvalue weighted by atomic mass is 16.2. The van der Waals surface area contributed by atoms with Gasteiger partial charge in [-0.2, -0.15) is 0 Å². The van der Waals surface area contributed by atoms with E-state index in [0.717, 1.165) is 62.1 Å². The predicted octanol–water partition coefficient (Wildman–Crippen LogP) is 4.25. The first kappa shape index (κ1) is 22.6. The van der Waals surface area contributed by atoms with Crippen LogP contribution in [0.15, 0.2) is 12.1 Å². The Morgan fingerprint density at radius 2 is 1.64 bits per heavy atom. The number of aromatic nitrogens is 2. The van der Waals surface area contributed by atoms with Crippen LogP contribution < -0.4 is 4.90 Å². The van der Waals surface area contributed by atoms with Crippen LogP contribution in [0.2, 0.25) is 0 Å². The standard InChI is InChI=1S/C27H39N5O/c1-19-17-24-21(3)28-27(29-25(24)18-20(19)2)32-15-9-23(10-16-32)30-12-6-22(7-13-30)8-14-31-11-4-5-26(31)33/h17-18,22-23H,4-16H2,1-3H3. The van der Waals surface area contributed by atoms with Gasteiger partial charge in [-0.05, 0) is 102 Å². The van der Waals surface area contributed by atoms with Crippen LogP contribution in [-0.4, -0.2) is 71.0 Å². The highest BCUT2D eigenvalue weighted by Gasteiger charge is 2.30. The molecule has 0 unspecified atom stereocenters. The van der Waals surface area contributed by atoms with E-state index in [2.05, 4.69) is 47.6 Å². The Labute approximate surface area is 198 Å². The summed E-state index contributed by atoms with van der Waals surface area (Å²) in [6.07, 6.45) is 7.97. The predicted molar refractivity (Wildman–Crippen MR) is 134 cm³/mol. The third kappa shape index (κ3) is 4.86. The molecule has 0 atom stereocenters. The van der Waals surface area contributed by atoms with E-state index in [1.54, 1.807) is 0 Å². The summed E-state index contributed by atoms with van der Waals surface area (Å²) in [5.41, 5.74) is 4.75. The number of likely N-dealkylation sites (tertiary alicyclic amines) is 2. The first-order valence-corrected chi connectivity index (χ1v) is 13.0. The molecule has 0 saturated carbocycles. The highest BCUT2D eigenvalue weighted by Crippen LogP contribution is 2.28. The van der Waals surface area contributed by atoms with Crippen LogP contribution in [0.3, 0.4) is 0 Å². The van der Waals surface area contributed by atoms with Gasteiger partial charge in [0.1, 0.15) is 0 Å². The summed E-state index contributed by atoms with van der Waals surface area (Å²) < 4.78 is 0. The minimum absolute atomic E-state index is 0.370. The fraction of sp³-hybridized carbons (Fsp3) is 0.667. The molecule has 1 amide bonds. The molecular formula is C27H39N5O. The maximum atomic E-state index is 11.9. The summed E-state index contributed by atoms with van der Waals surface area (Å²) in [7, 11) is 0. The third-order valence-corrected chi connectivity index (χ3v) is 8.38. The van der Waals surface area contributed by atoms with Gasteiger partial charge in [0.05, 0.1) is 11.2 Å². The maximum Gasteiger partial charge on any atom is 0.226 e. The van der Waals surface area contributed by atoms with Crippen LogP contribution in [0.25, 0.3) is 10.9 Å². The van der Waals surface area contributed by atoms with Gasteiger partial charge < -0.3 is 14.7 Å². The number of carbonyl (C=O) groups excluding carboxylic acids is 1. The maximum absolute atomic E-state index is 11.9. The minimum Gasteiger partial charge on any atom is -0.343 e. The van der Waals surface area contributed by atoms with Gasteiger partial charge in [0, 0.05) is 44.0 Å². The Bertz CT molecular complexity index is 1010. The molecule has 0 bridgehead atoms. The number of fused-ring (bicyclic) bond motifs is 1. The van der Waals surface area contributed by atoms with Gasteiger partial charge in [-0.15, -0.1) is 0 Å². The molecule has 6 nitrogen and oxygen atoms in total. The lowest BCUT2D eigenvalue weighted by molar-refractivity contribution is -0.127. The van der Waals surface area contributed by atoms with Crippen molar-refractivity contribution in [1.82, 2.24) is 19.8 Å². The van der Waals surface area contributed by atoms with Crippen LogP contribution in [0.5, 0.6) is 0 Å². The molecule has 6 heteroatoms. The molecule has 4 heterocycles. The Kier molecular flexibility index (Phi) is 6.55. The molecule has 0 aliphatic carbocycles. The van der Waals surface area contributed by atoms with Gasteiger partial charge in [0.25, 0.3) is 0 Å². The molecule has 3 saturated heterocycles. The molecule has 2 aromatic rings. The molecule has 5 rings (SSSR count). The fourth-order valence-corrected chi connectivity index (χ4v) is 5.98. The SMILES string of the molecule is Cc1cc2nc(N3CCC(N4CCC(CCN5CCCC5=O)CC4)CC3)nc(C)c2cc1C. The first-order chi connectivity index (χ1) is 16.0. The summed E-state index contributed by atoms with van der Waals surface area (Å²) in [5, 5.41) is 1.17. The van der Waals surface area contributed by atoms with Crippen molar-refractivity contribution in [1.29, 1.82) is 0 Å². The quantitative estimate of drug-likeness (QED) is 0.683. The first-order valence-electron chi connectivity index (χ1n) is 13.0. The van der Waals surface area contributed by atoms with Crippen LogP contribution in [0, 0.1) is 26.7 Å². The number of aryl methyl sites for hydroxylation is 3. The average Bonchev–Trinajstić information content (AvgIpc) is 3.24. The van der Waals surface area contributed by atoms with Crippen molar-refractivity contribution >= 4 is 22.8 Å². The molecule has 1 aromatic carbocycles. The number of carbonyl (C=O) groups is 1. The zero-order valence-corrected chi connectivity index (χ0v) is 20.6. The number of piperidine rings is 2. The van der Waals surface area contributed by atoms with E-state index in [4.69, 9.17) is 9.97 Å². The molecule has 33 heavy (non-hydrogen) atoms. The normalized spacial score (nSPS) is 21.5. The van der Waals surface area contributed by atoms with E-state index in [-0.39, 0.29) is 0 Å². The summed E-state index contributed by atoms with van der Waals surface area (Å²) in [6.45, 7) is 12.9. The van der Waals surface area contributed by atoms with Gasteiger partial charge in [-0.3, -0.25) is 4.79 Å². The highest BCUT2D eigenvalue weighted by molar-refractivity contribution is 5.83. The van der Waals surface area contributed by atoms with Crippen LogP contribution in [0.4, 0.5) is 5.95 Å². The number of benzene rings is 1. The van der Waals surface area contributed by atoms with Crippen molar-refractivity contribution in [2.24, 2.45) is 5.92 Å². The van der Waals surface area contributed by atoms with E-state index in [9.17, 15) is 4.79 Å². The van der Waals surface area contributed by atoms with Crippen molar-refractivity contribution in [3.05, 3.63) is 29.0 Å². The lowest BCUT2D eigenvalue weighted by Crippen LogP contribution is -2.48. The number of hydrogen-bond donors (Lipinski definition) is 0. The molecule has 3 aliphatic heterocycles. The Balaban J connectivity index is 1.13. The smallest absolute Gasteiger partial charge is 0.226 e. The summed E-state index contributed by atoms with van der Waals surface area (Å²) in [6, 6.07) is 5.12. The molecule has 178 valence electrons. The number of rotatable bonds is 5. The van der Waals surface area contributed by atoms with Gasteiger partial charge >= 0.3 is 0 Å². The van der Waals surface area contributed by atoms with Gasteiger partial charge in [-0.25, -0.2) is 9.97 Å². The van der Waals surface area contributed by atoms with Gasteiger partial charge in [0.2, 0.25) is 11.9 Å². The van der Waals surface area contributed by atoms with E-state index in [1.165, 1.54) is 61.7 Å². The summed E-state index contributed by atoms with van der Waals surface area (Å²) in [4.78, 5) is 28.9. The van der Waals surface area contributed by atoms with Crippen molar-refractivity contribution in [3.63, 3.8) is 0 Å². The summed E-state index contributed by atoms with van der Waals surface area (Å²) >= 11 is 0. The summed E-state index contributed by atoms with van der Waals surface area (Å²) in [5.74, 6) is 2.06. The van der Waals surface area contributed by atoms with Crippen LogP contribution in [-0.2, 0) is 4.79 Å². The lowest BCUT2D eigenvalue weighted by Gasteiger charge is -2.42. The van der Waals surface area contributed by atoms with Crippen LogP contribution >= 0.6 is 0 Å². The van der Waals surface area contributed by atoms with Gasteiger partial charge in [-0.1, -0.05) is 0 Å². The largest absolute Gasteiger partial charge is 0.343 e. The van der Waals surface area contributed by atoms with E-state index >= 15 is 0 Å². The lowest BCUT2D eigenvalue weighted by atomic mass is 9.91. The molecular weight excluding hydrogens is 410 g/mol. The Morgan fingerprint density at radius 1 is 0.909 bits per heavy atom. The van der Waals surface area contributed by atoms with Crippen molar-refractivity contribution in [3.8, 4) is 0 Å². The molecule has 0 spiro atoms. The monoisotopic (exact) mass is 449 g/mol. The number of anilines is 1. The molecule has 0 radical (unpaired) electrons. The van der Waals surface area contributed by atoms with Crippen molar-refractivity contribution in [2.45, 2.75) is 71.8 Å². The Hall–Kier alpha value is -2.21. The topological polar surface area (TPSA) is 52.6 Å². The minimum atomic E-state index is 0.370. The molecule has 3 fully saturated rings. The second-order valence-corrected chi connectivity index (χ2v) is 10.5. The van der Waals surface area contributed by atoms with E-state index in [1.807, 2.05) is 0 Å². The molecule has 3 aliphatic rings. The zero-order valence-electron chi connectivity index (χ0n) is 20.6. The number of nitrogens with zero attached hydrogens (tertiary/aromatic N) is 5. The number of hydrogen-bond acceptors (Lipinski definition) is 5. The molecule has 0 N–H and O–H groups in total. The van der Waals surface area contributed by atoms with E-state index in [0.29, 0.717) is 11.9 Å². The van der Waals surface area contributed by atoms with Crippen molar-refractivity contribution < 1.29 is 4.79 Å². The average molecular weight is 450 g/mol. The third-order valence-electron chi connectivity index (χ3n) is 8.38. The van der Waals surface area contributed by atoms with E-state index < -0.39 is 0 Å². The molecule has 1 aromatic heterocycles. The number of amides is 1. The Morgan fingerprint density at radius 3 is 2.33 bits per heavy atom. The zero-order chi connectivity index (χ0) is 22.9. The second kappa shape index (κ2) is 9.57. The van der Waals surface area contributed by atoms with Crippen LogP contribution in [0.1, 0.15) is 61.8 Å². The van der Waals surface area contributed by atoms with Crippen molar-refractivity contribution in [2.75, 3.05) is 44.2 Å².